The van der Waals surface area contributed by atoms with Gasteiger partial charge in [0.05, 0.1) is 5.69 Å². The second-order valence-corrected chi connectivity index (χ2v) is 6.96. The maximum absolute atomic E-state index is 13.8. The van der Waals surface area contributed by atoms with Gasteiger partial charge in [0.15, 0.2) is 0 Å². The molecule has 3 aromatic heterocycles. The van der Waals surface area contributed by atoms with E-state index in [1.165, 1.54) is 43.1 Å². The zero-order valence-corrected chi connectivity index (χ0v) is 17.5. The second kappa shape index (κ2) is 8.91. The lowest BCUT2D eigenvalue weighted by Gasteiger charge is -2.08. The molecule has 166 valence electrons. The van der Waals surface area contributed by atoms with Crippen molar-refractivity contribution in [2.45, 2.75) is 13.8 Å². The van der Waals surface area contributed by atoms with Gasteiger partial charge in [0, 0.05) is 34.6 Å². The molecule has 3 heterocycles. The first kappa shape index (κ1) is 21.7. The van der Waals surface area contributed by atoms with Crippen LogP contribution < -0.4 is 10.6 Å². The summed E-state index contributed by atoms with van der Waals surface area (Å²) in [6.07, 6.45) is 2.36. The SMILES string of the molecule is Cc1c(C(=O)Nc2nc(NC(=O)c3ccnc(F)c3C)n(-c3ccccc3)n2)ccnc1F. The van der Waals surface area contributed by atoms with Crippen molar-refractivity contribution >= 4 is 23.7 Å². The van der Waals surface area contributed by atoms with Gasteiger partial charge in [-0.05, 0) is 38.1 Å². The number of aromatic nitrogens is 5. The van der Waals surface area contributed by atoms with Gasteiger partial charge in [-0.15, -0.1) is 5.10 Å². The van der Waals surface area contributed by atoms with Gasteiger partial charge in [0.1, 0.15) is 0 Å². The number of carbonyl (C=O) groups excluding carboxylic acids is 2. The van der Waals surface area contributed by atoms with Crippen LogP contribution in [-0.4, -0.2) is 36.5 Å². The van der Waals surface area contributed by atoms with E-state index in [0.717, 1.165) is 0 Å². The largest absolute Gasteiger partial charge is 0.290 e. The molecule has 0 spiro atoms. The van der Waals surface area contributed by atoms with Crippen molar-refractivity contribution in [1.82, 2.24) is 24.7 Å². The lowest BCUT2D eigenvalue weighted by atomic mass is 10.1. The van der Waals surface area contributed by atoms with E-state index in [0.29, 0.717) is 5.69 Å². The van der Waals surface area contributed by atoms with Crippen LogP contribution in [0.5, 0.6) is 0 Å². The average molecular weight is 449 g/mol. The van der Waals surface area contributed by atoms with Crippen molar-refractivity contribution in [2.75, 3.05) is 10.6 Å². The summed E-state index contributed by atoms with van der Waals surface area (Å²) >= 11 is 0. The molecule has 0 aliphatic rings. The number of hydrogen-bond acceptors (Lipinski definition) is 6. The van der Waals surface area contributed by atoms with Crippen molar-refractivity contribution in [1.29, 1.82) is 0 Å². The molecule has 0 atom stereocenters. The minimum Gasteiger partial charge on any atom is -0.290 e. The van der Waals surface area contributed by atoms with Gasteiger partial charge in [-0.2, -0.15) is 18.4 Å². The highest BCUT2D eigenvalue weighted by Gasteiger charge is 2.20. The zero-order valence-electron chi connectivity index (χ0n) is 17.5. The Morgan fingerprint density at radius 3 is 1.94 bits per heavy atom. The van der Waals surface area contributed by atoms with E-state index in [2.05, 4.69) is 30.7 Å². The predicted molar refractivity (Wildman–Crippen MR) is 115 cm³/mol. The average Bonchev–Trinajstić information content (AvgIpc) is 3.19. The van der Waals surface area contributed by atoms with Crippen LogP contribution in [-0.2, 0) is 0 Å². The number of benzene rings is 1. The maximum atomic E-state index is 13.8. The Kier molecular flexibility index (Phi) is 5.85. The summed E-state index contributed by atoms with van der Waals surface area (Å²) in [5, 5.41) is 9.32. The third-order valence-corrected chi connectivity index (χ3v) is 4.83. The summed E-state index contributed by atoms with van der Waals surface area (Å²) in [7, 11) is 0. The van der Waals surface area contributed by atoms with E-state index in [-0.39, 0.29) is 34.2 Å². The van der Waals surface area contributed by atoms with E-state index in [4.69, 9.17) is 0 Å². The van der Waals surface area contributed by atoms with Crippen LogP contribution in [0.25, 0.3) is 5.69 Å². The highest BCUT2D eigenvalue weighted by atomic mass is 19.1. The molecule has 4 rings (SSSR count). The first-order chi connectivity index (χ1) is 15.8. The zero-order chi connectivity index (χ0) is 23.5. The van der Waals surface area contributed by atoms with Crippen molar-refractivity contribution in [3.8, 4) is 5.69 Å². The molecule has 1 aromatic carbocycles. The molecule has 0 radical (unpaired) electrons. The normalized spacial score (nSPS) is 10.7. The minimum atomic E-state index is -0.765. The molecule has 4 aromatic rings. The van der Waals surface area contributed by atoms with E-state index in [1.54, 1.807) is 30.3 Å². The Hall–Kier alpha value is -4.54. The number of halogens is 2. The topological polar surface area (TPSA) is 115 Å². The highest BCUT2D eigenvalue weighted by molar-refractivity contribution is 6.05. The number of nitrogens with one attached hydrogen (secondary N) is 2. The van der Waals surface area contributed by atoms with E-state index < -0.39 is 23.7 Å². The van der Waals surface area contributed by atoms with Crippen LogP contribution in [0.2, 0.25) is 0 Å². The number of para-hydroxylation sites is 1. The molecule has 0 fully saturated rings. The number of rotatable bonds is 5. The lowest BCUT2D eigenvalue weighted by molar-refractivity contribution is 0.101. The number of nitrogens with zero attached hydrogens (tertiary/aromatic N) is 5. The third kappa shape index (κ3) is 4.42. The standard InChI is InChI=1S/C22H17F2N7O2/c1-12-15(8-10-25-17(12)23)19(32)27-21-29-22(31(30-21)14-6-4-3-5-7-14)28-20(33)16-9-11-26-18(24)13(16)2/h3-11H,1-2H3,(H2,27,28,29,30,32,33). The number of amides is 2. The van der Waals surface area contributed by atoms with Crippen LogP contribution in [0.3, 0.4) is 0 Å². The Labute approximate surface area is 186 Å². The van der Waals surface area contributed by atoms with Crippen LogP contribution in [0.4, 0.5) is 20.7 Å². The summed E-state index contributed by atoms with van der Waals surface area (Å²) in [5.41, 5.74) is 0.820. The molecule has 0 saturated carbocycles. The molecule has 11 heteroatoms. The van der Waals surface area contributed by atoms with E-state index in [9.17, 15) is 18.4 Å². The van der Waals surface area contributed by atoms with Gasteiger partial charge in [-0.3, -0.25) is 20.2 Å². The monoisotopic (exact) mass is 449 g/mol. The fourth-order valence-corrected chi connectivity index (χ4v) is 3.05. The predicted octanol–water partition coefficient (Wildman–Crippen LogP) is 3.46. The Morgan fingerprint density at radius 1 is 0.818 bits per heavy atom. The Balaban J connectivity index is 1.68. The van der Waals surface area contributed by atoms with Gasteiger partial charge < -0.3 is 0 Å². The van der Waals surface area contributed by atoms with Crippen LogP contribution in [0.1, 0.15) is 31.8 Å². The maximum Gasteiger partial charge on any atom is 0.258 e. The molecular formula is C22H17F2N7O2. The Morgan fingerprint density at radius 2 is 1.36 bits per heavy atom. The van der Waals surface area contributed by atoms with E-state index >= 15 is 0 Å². The van der Waals surface area contributed by atoms with Crippen LogP contribution in [0.15, 0.2) is 54.9 Å². The number of anilines is 2. The van der Waals surface area contributed by atoms with Gasteiger partial charge >= 0.3 is 0 Å². The molecule has 9 nitrogen and oxygen atoms in total. The molecule has 0 unspecified atom stereocenters. The van der Waals surface area contributed by atoms with E-state index in [1.807, 2.05) is 0 Å². The van der Waals surface area contributed by atoms with Crippen molar-refractivity contribution in [2.24, 2.45) is 0 Å². The van der Waals surface area contributed by atoms with Crippen molar-refractivity contribution in [3.05, 3.63) is 89.0 Å². The molecule has 0 aliphatic carbocycles. The summed E-state index contributed by atoms with van der Waals surface area (Å²) in [6.45, 7) is 2.86. The summed E-state index contributed by atoms with van der Waals surface area (Å²) < 4.78 is 28.8. The number of pyridine rings is 2. The highest BCUT2D eigenvalue weighted by Crippen LogP contribution is 2.19. The van der Waals surface area contributed by atoms with Gasteiger partial charge in [-0.25, -0.2) is 9.97 Å². The van der Waals surface area contributed by atoms with Gasteiger partial charge in [0.2, 0.25) is 17.8 Å². The molecule has 0 bridgehead atoms. The number of hydrogen-bond donors (Lipinski definition) is 2. The second-order valence-electron chi connectivity index (χ2n) is 6.96. The van der Waals surface area contributed by atoms with Crippen LogP contribution in [0, 0.1) is 25.7 Å². The molecular weight excluding hydrogens is 432 g/mol. The summed E-state index contributed by atoms with van der Waals surface area (Å²) in [4.78, 5) is 36.6. The van der Waals surface area contributed by atoms with Crippen molar-refractivity contribution in [3.63, 3.8) is 0 Å². The fraction of sp³-hybridized carbons (Fsp3) is 0.0909. The van der Waals surface area contributed by atoms with Crippen LogP contribution >= 0.6 is 0 Å². The minimum absolute atomic E-state index is 0.0178. The molecule has 2 N–H and O–H groups in total. The quantitative estimate of drug-likeness (QED) is 0.451. The first-order valence-electron chi connectivity index (χ1n) is 9.72. The third-order valence-electron chi connectivity index (χ3n) is 4.83. The number of carbonyl (C=O) groups is 2. The molecule has 0 aliphatic heterocycles. The summed E-state index contributed by atoms with van der Waals surface area (Å²) in [5.74, 6) is -2.96. The van der Waals surface area contributed by atoms with Gasteiger partial charge in [-0.1, -0.05) is 18.2 Å². The van der Waals surface area contributed by atoms with Gasteiger partial charge in [0.25, 0.3) is 17.8 Å². The molecule has 33 heavy (non-hydrogen) atoms. The smallest absolute Gasteiger partial charge is 0.258 e. The molecule has 0 saturated heterocycles. The lowest BCUT2D eigenvalue weighted by Crippen LogP contribution is -2.17. The fourth-order valence-electron chi connectivity index (χ4n) is 3.05. The Bertz CT molecular complexity index is 1360. The van der Waals surface area contributed by atoms with Crippen molar-refractivity contribution < 1.29 is 18.4 Å². The summed E-state index contributed by atoms with van der Waals surface area (Å²) in [6, 6.07) is 11.5. The first-order valence-corrected chi connectivity index (χ1v) is 9.72. The molecule has 2 amide bonds.